The van der Waals surface area contributed by atoms with Crippen LogP contribution in [0.15, 0.2) is 69.6 Å². The van der Waals surface area contributed by atoms with Gasteiger partial charge in [-0.15, -0.1) is 0 Å². The van der Waals surface area contributed by atoms with Gasteiger partial charge in [-0.1, -0.05) is 82.1 Å². The molecule has 0 spiro atoms. The van der Waals surface area contributed by atoms with E-state index < -0.39 is 0 Å². The minimum absolute atomic E-state index is 0.545. The largest absolute Gasteiger partial charge is 0.0581 e. The zero-order valence-electron chi connectivity index (χ0n) is 17.1. The third kappa shape index (κ3) is 2.70. The minimum Gasteiger partial charge on any atom is -0.0581 e. The highest BCUT2D eigenvalue weighted by Crippen LogP contribution is 2.52. The van der Waals surface area contributed by atoms with Gasteiger partial charge in [-0.2, -0.15) is 0 Å². The Morgan fingerprint density at radius 1 is 0.600 bits per heavy atom. The summed E-state index contributed by atoms with van der Waals surface area (Å²) >= 11 is 7.31. The Balaban J connectivity index is 1.72. The van der Waals surface area contributed by atoms with Crippen molar-refractivity contribution in [1.82, 2.24) is 0 Å². The second kappa shape index (κ2) is 6.80. The highest BCUT2D eigenvalue weighted by atomic mass is 79.9. The molecule has 0 nitrogen and oxygen atoms in total. The number of benzene rings is 4. The standard InChI is InChI=1S/C28H22Br2/c1-15-11-19-5-3-17-13-21(29)7-9-23(17)27(19)25(15)26-16(2)12-20-6-4-18-14-22(30)8-10-24(18)28(20)26/h3-10,13-16H,11-12H2,1-2H3/b26-25-/t15-,16-/m1/s1. The summed E-state index contributed by atoms with van der Waals surface area (Å²) in [6.07, 6.45) is 2.27. The predicted molar refractivity (Wildman–Crippen MR) is 136 cm³/mol. The lowest BCUT2D eigenvalue weighted by atomic mass is 9.85. The van der Waals surface area contributed by atoms with Gasteiger partial charge >= 0.3 is 0 Å². The van der Waals surface area contributed by atoms with Gasteiger partial charge in [-0.05, 0) is 104 Å². The molecule has 0 fully saturated rings. The molecule has 2 heteroatoms. The maximum absolute atomic E-state index is 3.65. The van der Waals surface area contributed by atoms with Crippen molar-refractivity contribution >= 4 is 64.6 Å². The van der Waals surface area contributed by atoms with E-state index in [0.29, 0.717) is 11.8 Å². The molecule has 0 aliphatic heterocycles. The minimum atomic E-state index is 0.545. The van der Waals surface area contributed by atoms with Crippen LogP contribution in [0.25, 0.3) is 32.7 Å². The molecule has 0 saturated heterocycles. The molecule has 2 aliphatic rings. The first-order valence-electron chi connectivity index (χ1n) is 10.7. The molecular formula is C28H22Br2. The summed E-state index contributed by atoms with van der Waals surface area (Å²) in [5.41, 5.74) is 9.17. The molecule has 2 aliphatic carbocycles. The maximum Gasteiger partial charge on any atom is 0.0181 e. The van der Waals surface area contributed by atoms with Crippen molar-refractivity contribution in [2.45, 2.75) is 26.7 Å². The van der Waals surface area contributed by atoms with Crippen molar-refractivity contribution in [1.29, 1.82) is 0 Å². The molecule has 4 aromatic rings. The lowest BCUT2D eigenvalue weighted by Crippen LogP contribution is -2.01. The van der Waals surface area contributed by atoms with Crippen LogP contribution in [0.5, 0.6) is 0 Å². The maximum atomic E-state index is 3.65. The van der Waals surface area contributed by atoms with Crippen LogP contribution in [-0.2, 0) is 12.8 Å². The van der Waals surface area contributed by atoms with Gasteiger partial charge < -0.3 is 0 Å². The van der Waals surface area contributed by atoms with Crippen LogP contribution in [-0.4, -0.2) is 0 Å². The normalized spacial score (nSPS) is 22.7. The molecule has 0 unspecified atom stereocenters. The second-order valence-corrected chi connectivity index (χ2v) is 10.8. The van der Waals surface area contributed by atoms with Gasteiger partial charge in [0, 0.05) is 8.95 Å². The van der Waals surface area contributed by atoms with Gasteiger partial charge in [0.15, 0.2) is 0 Å². The van der Waals surface area contributed by atoms with Gasteiger partial charge in [-0.25, -0.2) is 0 Å². The predicted octanol–water partition coefficient (Wildman–Crippen LogP) is 8.81. The Bertz CT molecular complexity index is 1290. The first-order valence-corrected chi connectivity index (χ1v) is 12.3. The zero-order valence-corrected chi connectivity index (χ0v) is 20.3. The summed E-state index contributed by atoms with van der Waals surface area (Å²) in [5.74, 6) is 1.09. The van der Waals surface area contributed by atoms with Crippen molar-refractivity contribution in [3.8, 4) is 0 Å². The molecule has 0 N–H and O–H groups in total. The number of fused-ring (bicyclic) bond motifs is 6. The Labute approximate surface area is 194 Å². The molecule has 0 saturated carbocycles. The van der Waals surface area contributed by atoms with E-state index in [0.717, 1.165) is 21.8 Å². The smallest absolute Gasteiger partial charge is 0.0181 e. The van der Waals surface area contributed by atoms with Crippen LogP contribution < -0.4 is 0 Å². The monoisotopic (exact) mass is 516 g/mol. The van der Waals surface area contributed by atoms with Crippen LogP contribution in [0.2, 0.25) is 0 Å². The summed E-state index contributed by atoms with van der Waals surface area (Å²) in [6, 6.07) is 22.8. The highest BCUT2D eigenvalue weighted by Gasteiger charge is 2.34. The number of halogens is 2. The average molecular weight is 518 g/mol. The summed E-state index contributed by atoms with van der Waals surface area (Å²) in [7, 11) is 0. The fourth-order valence-electron chi connectivity index (χ4n) is 5.82. The molecule has 0 aromatic heterocycles. The second-order valence-electron chi connectivity index (χ2n) is 8.97. The Hall–Kier alpha value is -1.90. The van der Waals surface area contributed by atoms with E-state index in [1.54, 1.807) is 11.1 Å². The topological polar surface area (TPSA) is 0 Å². The van der Waals surface area contributed by atoms with E-state index in [1.807, 2.05) is 0 Å². The first kappa shape index (κ1) is 18.8. The third-order valence-electron chi connectivity index (χ3n) is 7.00. The molecule has 0 amide bonds. The molecule has 4 aromatic carbocycles. The molecule has 2 atom stereocenters. The van der Waals surface area contributed by atoms with Gasteiger partial charge in [0.05, 0.1) is 0 Å². The van der Waals surface area contributed by atoms with Gasteiger partial charge in [0.25, 0.3) is 0 Å². The summed E-state index contributed by atoms with van der Waals surface area (Å²) in [5, 5.41) is 5.43. The molecule has 6 rings (SSSR count). The van der Waals surface area contributed by atoms with Crippen molar-refractivity contribution in [2.75, 3.05) is 0 Å². The Kier molecular flexibility index (Phi) is 4.27. The van der Waals surface area contributed by atoms with Crippen LogP contribution >= 0.6 is 31.9 Å². The van der Waals surface area contributed by atoms with Crippen LogP contribution in [0.1, 0.15) is 36.1 Å². The lowest BCUT2D eigenvalue weighted by molar-refractivity contribution is 0.754. The van der Waals surface area contributed by atoms with Crippen molar-refractivity contribution in [3.05, 3.63) is 91.9 Å². The van der Waals surface area contributed by atoms with E-state index >= 15 is 0 Å². The van der Waals surface area contributed by atoms with Crippen LogP contribution in [0.4, 0.5) is 0 Å². The van der Waals surface area contributed by atoms with E-state index in [-0.39, 0.29) is 0 Å². The average Bonchev–Trinajstić information content (AvgIpc) is 3.22. The van der Waals surface area contributed by atoms with E-state index in [1.165, 1.54) is 43.8 Å². The summed E-state index contributed by atoms with van der Waals surface area (Å²) in [6.45, 7) is 4.83. The van der Waals surface area contributed by atoms with E-state index in [4.69, 9.17) is 0 Å². The molecule has 0 radical (unpaired) electrons. The number of hydrogen-bond donors (Lipinski definition) is 0. The fraction of sp³-hybridized carbons (Fsp3) is 0.214. The number of allylic oxidation sites excluding steroid dienone is 2. The fourth-order valence-corrected chi connectivity index (χ4v) is 6.58. The van der Waals surface area contributed by atoms with Gasteiger partial charge in [-0.3, -0.25) is 0 Å². The SMILES string of the molecule is C[C@@H]1Cc2ccc3cc(Br)ccc3c2/C1=C1\c2c(ccc3cc(Br)ccc23)C[C@H]1C. The Morgan fingerprint density at radius 2 is 1.03 bits per heavy atom. The number of hydrogen-bond acceptors (Lipinski definition) is 0. The Morgan fingerprint density at radius 3 is 1.47 bits per heavy atom. The van der Waals surface area contributed by atoms with Crippen molar-refractivity contribution < 1.29 is 0 Å². The van der Waals surface area contributed by atoms with E-state index in [2.05, 4.69) is 106 Å². The van der Waals surface area contributed by atoms with Gasteiger partial charge in [0.1, 0.15) is 0 Å². The number of rotatable bonds is 0. The quantitative estimate of drug-likeness (QED) is 0.218. The summed E-state index contributed by atoms with van der Waals surface area (Å²) in [4.78, 5) is 0. The summed E-state index contributed by atoms with van der Waals surface area (Å²) < 4.78 is 2.29. The van der Waals surface area contributed by atoms with Crippen molar-refractivity contribution in [3.63, 3.8) is 0 Å². The van der Waals surface area contributed by atoms with E-state index in [9.17, 15) is 0 Å². The first-order chi connectivity index (χ1) is 14.5. The van der Waals surface area contributed by atoms with Gasteiger partial charge in [0.2, 0.25) is 0 Å². The molecule has 148 valence electrons. The molecule has 30 heavy (non-hydrogen) atoms. The molecular weight excluding hydrogens is 496 g/mol. The van der Waals surface area contributed by atoms with Crippen molar-refractivity contribution in [2.24, 2.45) is 11.8 Å². The van der Waals surface area contributed by atoms with Crippen LogP contribution in [0, 0.1) is 11.8 Å². The lowest BCUT2D eigenvalue weighted by Gasteiger charge is -2.19. The third-order valence-corrected chi connectivity index (χ3v) is 7.99. The molecule has 0 heterocycles. The highest BCUT2D eigenvalue weighted by molar-refractivity contribution is 9.10. The molecule has 0 bridgehead atoms. The zero-order chi connectivity index (χ0) is 20.6. The van der Waals surface area contributed by atoms with Crippen LogP contribution in [0.3, 0.4) is 0 Å².